The largest absolute Gasteiger partial charge is 0.334 e. The molecule has 2 unspecified atom stereocenters. The third-order valence-electron chi connectivity index (χ3n) is 6.01. The lowest BCUT2D eigenvalue weighted by Crippen LogP contribution is -2.65. The minimum absolute atomic E-state index is 0.0347. The predicted octanol–water partition coefficient (Wildman–Crippen LogP) is 2.80. The zero-order valence-corrected chi connectivity index (χ0v) is 15.1. The number of hydrogen-bond donors (Lipinski definition) is 1. The van der Waals surface area contributed by atoms with Gasteiger partial charge in [-0.1, -0.05) is 56.5 Å². The van der Waals surface area contributed by atoms with Gasteiger partial charge in [-0.15, -0.1) is 0 Å². The van der Waals surface area contributed by atoms with Crippen LogP contribution in [0.4, 0.5) is 0 Å². The van der Waals surface area contributed by atoms with Crippen LogP contribution >= 0.6 is 0 Å². The minimum atomic E-state index is -0.237. The number of nitrogens with two attached hydrogens (primary N) is 1. The molecule has 1 saturated heterocycles. The molecule has 2 atom stereocenters. The highest BCUT2D eigenvalue weighted by atomic mass is 16.2. The molecular weight excluding hydrogens is 298 g/mol. The van der Waals surface area contributed by atoms with Crippen LogP contribution in [-0.4, -0.2) is 47.9 Å². The Bertz CT molecular complexity index is 553. The van der Waals surface area contributed by atoms with Crippen molar-refractivity contribution in [2.45, 2.75) is 50.6 Å². The summed E-state index contributed by atoms with van der Waals surface area (Å²) in [6, 6.07) is 9.78. The van der Waals surface area contributed by atoms with Gasteiger partial charge in [0.15, 0.2) is 0 Å². The van der Waals surface area contributed by atoms with Gasteiger partial charge >= 0.3 is 0 Å². The molecule has 1 spiro atoms. The summed E-state index contributed by atoms with van der Waals surface area (Å²) in [5, 5.41) is 0. The average molecular weight is 329 g/mol. The van der Waals surface area contributed by atoms with E-state index in [-0.39, 0.29) is 23.4 Å². The van der Waals surface area contributed by atoms with Crippen molar-refractivity contribution in [2.75, 3.05) is 26.7 Å². The van der Waals surface area contributed by atoms with E-state index in [1.165, 1.54) is 19.3 Å². The van der Waals surface area contributed by atoms with Gasteiger partial charge in [-0.05, 0) is 25.5 Å². The van der Waals surface area contributed by atoms with Gasteiger partial charge in [0.2, 0.25) is 5.91 Å². The highest BCUT2D eigenvalue weighted by Gasteiger charge is 2.45. The Balaban J connectivity index is 1.79. The van der Waals surface area contributed by atoms with Gasteiger partial charge in [-0.2, -0.15) is 0 Å². The molecule has 1 saturated carbocycles. The van der Waals surface area contributed by atoms with E-state index in [2.05, 4.69) is 16.8 Å². The second-order valence-corrected chi connectivity index (χ2v) is 7.74. The molecular formula is C20H31N3O. The number of carbonyl (C=O) groups is 1. The first-order valence-electron chi connectivity index (χ1n) is 9.34. The van der Waals surface area contributed by atoms with Crippen molar-refractivity contribution in [1.29, 1.82) is 0 Å². The molecule has 2 aliphatic rings. The number of likely N-dealkylation sites (N-methyl/N-ethyl adjacent to an activating group) is 1. The fourth-order valence-corrected chi connectivity index (χ4v) is 4.52. The van der Waals surface area contributed by atoms with E-state index >= 15 is 0 Å². The number of hydrogen-bond acceptors (Lipinski definition) is 3. The van der Waals surface area contributed by atoms with Gasteiger partial charge in [0, 0.05) is 25.7 Å². The van der Waals surface area contributed by atoms with Gasteiger partial charge in [0.25, 0.3) is 0 Å². The van der Waals surface area contributed by atoms with Crippen LogP contribution in [0.15, 0.2) is 30.3 Å². The summed E-state index contributed by atoms with van der Waals surface area (Å²) < 4.78 is 0. The number of amides is 1. The minimum Gasteiger partial charge on any atom is -0.334 e. The Labute approximate surface area is 146 Å². The van der Waals surface area contributed by atoms with Crippen LogP contribution in [0, 0.1) is 5.92 Å². The Morgan fingerprint density at radius 2 is 1.79 bits per heavy atom. The normalized spacial score (nSPS) is 23.9. The number of benzene rings is 1. The van der Waals surface area contributed by atoms with E-state index in [4.69, 9.17) is 5.73 Å². The van der Waals surface area contributed by atoms with Gasteiger partial charge < -0.3 is 15.5 Å². The number of piperazine rings is 1. The van der Waals surface area contributed by atoms with Crippen LogP contribution in [0.3, 0.4) is 0 Å². The fourth-order valence-electron chi connectivity index (χ4n) is 4.52. The molecule has 132 valence electrons. The monoisotopic (exact) mass is 329 g/mol. The number of carbonyl (C=O) groups excluding carboxylic acids is 1. The molecule has 1 aliphatic carbocycles. The molecule has 0 bridgehead atoms. The summed E-state index contributed by atoms with van der Waals surface area (Å²) in [4.78, 5) is 17.9. The van der Waals surface area contributed by atoms with Crippen molar-refractivity contribution in [3.8, 4) is 0 Å². The molecule has 1 aromatic carbocycles. The molecule has 1 aliphatic heterocycles. The number of nitrogens with zero attached hydrogens (tertiary/aromatic N) is 2. The molecule has 2 N–H and O–H groups in total. The first-order chi connectivity index (χ1) is 11.5. The molecule has 0 aromatic heterocycles. The zero-order chi connectivity index (χ0) is 17.2. The fraction of sp³-hybridized carbons (Fsp3) is 0.650. The highest BCUT2D eigenvalue weighted by Crippen LogP contribution is 2.38. The molecule has 2 fully saturated rings. The molecule has 4 nitrogen and oxygen atoms in total. The SMILES string of the molecule is CC(C(=O)N1CCN(C)CC12CCCCC2)C(N)c1ccccc1. The third-order valence-corrected chi connectivity index (χ3v) is 6.01. The Hall–Kier alpha value is -1.39. The van der Waals surface area contributed by atoms with Crippen LogP contribution < -0.4 is 5.73 Å². The standard InChI is InChI=1S/C20H31N3O/c1-16(18(21)17-9-5-3-6-10-17)19(24)23-14-13-22(2)15-20(23)11-7-4-8-12-20/h3,5-6,9-10,16,18H,4,7-8,11-15,21H2,1-2H3. The van der Waals surface area contributed by atoms with E-state index in [0.717, 1.165) is 38.0 Å². The van der Waals surface area contributed by atoms with Crippen LogP contribution in [0.1, 0.15) is 50.6 Å². The van der Waals surface area contributed by atoms with Crippen molar-refractivity contribution >= 4 is 5.91 Å². The second kappa shape index (κ2) is 7.24. The van der Waals surface area contributed by atoms with Gasteiger partial charge in [-0.3, -0.25) is 4.79 Å². The van der Waals surface area contributed by atoms with E-state index in [1.54, 1.807) is 0 Å². The van der Waals surface area contributed by atoms with Crippen LogP contribution in [-0.2, 0) is 4.79 Å². The van der Waals surface area contributed by atoms with Gasteiger partial charge in [0.1, 0.15) is 0 Å². The maximum absolute atomic E-state index is 13.3. The molecule has 1 amide bonds. The molecule has 0 radical (unpaired) electrons. The van der Waals surface area contributed by atoms with Crippen molar-refractivity contribution in [3.05, 3.63) is 35.9 Å². The first kappa shape index (κ1) is 17.4. The van der Waals surface area contributed by atoms with Crippen LogP contribution in [0.25, 0.3) is 0 Å². The maximum Gasteiger partial charge on any atom is 0.227 e. The number of rotatable bonds is 3. The van der Waals surface area contributed by atoms with Crippen molar-refractivity contribution in [3.63, 3.8) is 0 Å². The smallest absolute Gasteiger partial charge is 0.227 e. The Morgan fingerprint density at radius 1 is 1.12 bits per heavy atom. The zero-order valence-electron chi connectivity index (χ0n) is 15.1. The van der Waals surface area contributed by atoms with E-state index in [0.29, 0.717) is 0 Å². The third kappa shape index (κ3) is 3.35. The van der Waals surface area contributed by atoms with Crippen molar-refractivity contribution < 1.29 is 4.79 Å². The van der Waals surface area contributed by atoms with E-state index in [9.17, 15) is 4.79 Å². The molecule has 24 heavy (non-hydrogen) atoms. The lowest BCUT2D eigenvalue weighted by Gasteiger charge is -2.53. The summed E-state index contributed by atoms with van der Waals surface area (Å²) >= 11 is 0. The molecule has 4 heteroatoms. The first-order valence-corrected chi connectivity index (χ1v) is 9.34. The topological polar surface area (TPSA) is 49.6 Å². The predicted molar refractivity (Wildman–Crippen MR) is 97.6 cm³/mol. The lowest BCUT2D eigenvalue weighted by atomic mass is 9.77. The van der Waals surface area contributed by atoms with Crippen LogP contribution in [0.5, 0.6) is 0 Å². The summed E-state index contributed by atoms with van der Waals surface area (Å²) in [6.07, 6.45) is 6.03. The average Bonchev–Trinajstić information content (AvgIpc) is 2.61. The Kier molecular flexibility index (Phi) is 5.26. The summed E-state index contributed by atoms with van der Waals surface area (Å²) in [6.45, 7) is 4.79. The molecule has 1 aromatic rings. The van der Waals surface area contributed by atoms with Crippen LogP contribution in [0.2, 0.25) is 0 Å². The Morgan fingerprint density at radius 3 is 2.46 bits per heavy atom. The van der Waals surface area contributed by atoms with E-state index < -0.39 is 0 Å². The van der Waals surface area contributed by atoms with E-state index in [1.807, 2.05) is 37.3 Å². The summed E-state index contributed by atoms with van der Waals surface area (Å²) in [5.74, 6) is 0.0518. The lowest BCUT2D eigenvalue weighted by molar-refractivity contribution is -0.148. The summed E-state index contributed by atoms with van der Waals surface area (Å²) in [5.41, 5.74) is 7.51. The van der Waals surface area contributed by atoms with Gasteiger partial charge in [0.05, 0.1) is 11.5 Å². The quantitative estimate of drug-likeness (QED) is 0.928. The highest BCUT2D eigenvalue weighted by molar-refractivity contribution is 5.80. The van der Waals surface area contributed by atoms with Gasteiger partial charge in [-0.25, -0.2) is 0 Å². The summed E-state index contributed by atoms with van der Waals surface area (Å²) in [7, 11) is 2.18. The molecule has 1 heterocycles. The maximum atomic E-state index is 13.3. The van der Waals surface area contributed by atoms with Crippen molar-refractivity contribution in [1.82, 2.24) is 9.80 Å². The van der Waals surface area contributed by atoms with Crippen molar-refractivity contribution in [2.24, 2.45) is 11.7 Å². The second-order valence-electron chi connectivity index (χ2n) is 7.74. The molecule has 3 rings (SSSR count).